The molecule has 1 N–H and O–H groups in total. The highest BCUT2D eigenvalue weighted by atomic mass is 35.5. The van der Waals surface area contributed by atoms with Gasteiger partial charge in [0.15, 0.2) is 0 Å². The average molecular weight is 441 g/mol. The molecule has 0 fully saturated rings. The standard InChI is InChI=1S/C20H29ClN4O3S/c1-6-22-19(26)24(14(2)3)12-18-11-23-20(25(18)15(4)5)29(27,28)13-16-8-7-9-17(21)10-16/h7-11,14-15H,6,12-13H2,1-5H3,(H,22,26). The van der Waals surface area contributed by atoms with Crippen molar-refractivity contribution in [3.05, 3.63) is 46.7 Å². The molecule has 160 valence electrons. The Kier molecular flexibility index (Phi) is 7.71. The van der Waals surface area contributed by atoms with Crippen LogP contribution in [0.3, 0.4) is 0 Å². The van der Waals surface area contributed by atoms with Crippen molar-refractivity contribution in [3.63, 3.8) is 0 Å². The Morgan fingerprint density at radius 2 is 1.97 bits per heavy atom. The molecule has 1 aromatic heterocycles. The third-order valence-corrected chi connectivity index (χ3v) is 6.23. The molecule has 1 heterocycles. The number of aromatic nitrogens is 2. The van der Waals surface area contributed by atoms with E-state index in [0.717, 1.165) is 0 Å². The molecule has 0 atom stereocenters. The summed E-state index contributed by atoms with van der Waals surface area (Å²) in [6.07, 6.45) is 1.54. The van der Waals surface area contributed by atoms with Crippen LogP contribution in [0.15, 0.2) is 35.6 Å². The van der Waals surface area contributed by atoms with E-state index in [1.165, 1.54) is 0 Å². The summed E-state index contributed by atoms with van der Waals surface area (Å²) >= 11 is 5.99. The number of imidazole rings is 1. The highest BCUT2D eigenvalue weighted by molar-refractivity contribution is 7.90. The highest BCUT2D eigenvalue weighted by Crippen LogP contribution is 2.24. The number of nitrogens with one attached hydrogen (secondary N) is 1. The lowest BCUT2D eigenvalue weighted by Crippen LogP contribution is -2.43. The number of rotatable bonds is 8. The monoisotopic (exact) mass is 440 g/mol. The van der Waals surface area contributed by atoms with Gasteiger partial charge in [0.05, 0.1) is 24.2 Å². The molecule has 0 bridgehead atoms. The molecule has 0 aliphatic heterocycles. The number of amides is 2. The first-order valence-corrected chi connectivity index (χ1v) is 11.7. The van der Waals surface area contributed by atoms with E-state index in [-0.39, 0.29) is 35.6 Å². The van der Waals surface area contributed by atoms with Gasteiger partial charge in [0, 0.05) is 23.7 Å². The van der Waals surface area contributed by atoms with Crippen molar-refractivity contribution in [2.45, 2.75) is 64.2 Å². The van der Waals surface area contributed by atoms with Gasteiger partial charge in [-0.1, -0.05) is 23.7 Å². The number of sulfone groups is 1. The van der Waals surface area contributed by atoms with Gasteiger partial charge in [0.2, 0.25) is 15.0 Å². The van der Waals surface area contributed by atoms with Crippen LogP contribution in [0.4, 0.5) is 4.79 Å². The number of carbonyl (C=O) groups excluding carboxylic acids is 1. The van der Waals surface area contributed by atoms with E-state index in [0.29, 0.717) is 22.8 Å². The van der Waals surface area contributed by atoms with Gasteiger partial charge in [-0.2, -0.15) is 0 Å². The Balaban J connectivity index is 2.40. The number of nitrogens with zero attached hydrogens (tertiary/aromatic N) is 3. The second-order valence-electron chi connectivity index (χ2n) is 7.44. The first kappa shape index (κ1) is 23.2. The Morgan fingerprint density at radius 3 is 2.52 bits per heavy atom. The summed E-state index contributed by atoms with van der Waals surface area (Å²) in [5.74, 6) is -0.194. The van der Waals surface area contributed by atoms with Gasteiger partial charge in [0.25, 0.3) is 0 Å². The van der Waals surface area contributed by atoms with Crippen LogP contribution in [0.5, 0.6) is 0 Å². The SMILES string of the molecule is CCNC(=O)N(Cc1cnc(S(=O)(=O)Cc2cccc(Cl)c2)n1C(C)C)C(C)C. The predicted octanol–water partition coefficient (Wildman–Crippen LogP) is 4.03. The van der Waals surface area contributed by atoms with Gasteiger partial charge in [0.1, 0.15) is 0 Å². The lowest BCUT2D eigenvalue weighted by molar-refractivity contribution is 0.178. The molecular formula is C20H29ClN4O3S. The Labute approximate surface area is 178 Å². The van der Waals surface area contributed by atoms with E-state index in [2.05, 4.69) is 10.3 Å². The topological polar surface area (TPSA) is 84.3 Å². The lowest BCUT2D eigenvalue weighted by atomic mass is 10.2. The van der Waals surface area contributed by atoms with Crippen LogP contribution in [0.25, 0.3) is 0 Å². The zero-order valence-electron chi connectivity index (χ0n) is 17.5. The minimum Gasteiger partial charge on any atom is -0.338 e. The number of benzene rings is 1. The Hall–Kier alpha value is -2.06. The summed E-state index contributed by atoms with van der Waals surface area (Å²) in [6.45, 7) is 10.3. The van der Waals surface area contributed by atoms with E-state index >= 15 is 0 Å². The van der Waals surface area contributed by atoms with Crippen molar-refractivity contribution in [3.8, 4) is 0 Å². The maximum Gasteiger partial charge on any atom is 0.317 e. The normalized spacial score (nSPS) is 11.9. The number of halogens is 1. The minimum absolute atomic E-state index is 0.00193. The average Bonchev–Trinajstić information content (AvgIpc) is 3.04. The molecule has 2 amide bonds. The van der Waals surface area contributed by atoms with Crippen molar-refractivity contribution >= 4 is 27.5 Å². The van der Waals surface area contributed by atoms with Gasteiger partial charge in [-0.25, -0.2) is 18.2 Å². The molecule has 0 aliphatic rings. The minimum atomic E-state index is -3.70. The van der Waals surface area contributed by atoms with Crippen molar-refractivity contribution in [1.82, 2.24) is 19.8 Å². The third-order valence-electron chi connectivity index (χ3n) is 4.42. The quantitative estimate of drug-likeness (QED) is 0.671. The molecule has 7 nitrogen and oxygen atoms in total. The number of hydrogen-bond acceptors (Lipinski definition) is 4. The summed E-state index contributed by atoms with van der Waals surface area (Å²) in [6, 6.07) is 6.40. The molecular weight excluding hydrogens is 412 g/mol. The lowest BCUT2D eigenvalue weighted by Gasteiger charge is -2.28. The Morgan fingerprint density at radius 1 is 1.28 bits per heavy atom. The predicted molar refractivity (Wildman–Crippen MR) is 115 cm³/mol. The maximum atomic E-state index is 13.1. The highest BCUT2D eigenvalue weighted by Gasteiger charge is 2.27. The molecule has 0 radical (unpaired) electrons. The molecule has 2 aromatic rings. The fourth-order valence-corrected chi connectivity index (χ4v) is 4.90. The van der Waals surface area contributed by atoms with Crippen LogP contribution in [-0.4, -0.2) is 41.5 Å². The van der Waals surface area contributed by atoms with E-state index in [4.69, 9.17) is 11.6 Å². The van der Waals surface area contributed by atoms with Crippen LogP contribution in [0.2, 0.25) is 5.02 Å². The molecule has 0 unspecified atom stereocenters. The van der Waals surface area contributed by atoms with Gasteiger partial charge in [-0.3, -0.25) is 0 Å². The van der Waals surface area contributed by atoms with E-state index < -0.39 is 9.84 Å². The fraction of sp³-hybridized carbons (Fsp3) is 0.500. The molecule has 1 aromatic carbocycles. The summed E-state index contributed by atoms with van der Waals surface area (Å²) in [7, 11) is -3.70. The first-order valence-electron chi connectivity index (χ1n) is 9.64. The number of carbonyl (C=O) groups is 1. The van der Waals surface area contributed by atoms with Crippen LogP contribution in [0, 0.1) is 0 Å². The van der Waals surface area contributed by atoms with Gasteiger partial charge in [-0.15, -0.1) is 0 Å². The third kappa shape index (κ3) is 5.73. The number of hydrogen-bond donors (Lipinski definition) is 1. The van der Waals surface area contributed by atoms with E-state index in [1.807, 2.05) is 34.6 Å². The van der Waals surface area contributed by atoms with Crippen molar-refractivity contribution in [2.75, 3.05) is 6.54 Å². The largest absolute Gasteiger partial charge is 0.338 e. The van der Waals surface area contributed by atoms with Crippen molar-refractivity contribution < 1.29 is 13.2 Å². The maximum absolute atomic E-state index is 13.1. The van der Waals surface area contributed by atoms with Crippen LogP contribution >= 0.6 is 11.6 Å². The van der Waals surface area contributed by atoms with Crippen LogP contribution < -0.4 is 5.32 Å². The summed E-state index contributed by atoms with van der Waals surface area (Å²) in [4.78, 5) is 18.3. The van der Waals surface area contributed by atoms with Crippen LogP contribution in [-0.2, 0) is 22.1 Å². The second-order valence-corrected chi connectivity index (χ2v) is 9.76. The zero-order valence-corrected chi connectivity index (χ0v) is 19.1. The van der Waals surface area contributed by atoms with E-state index in [1.54, 1.807) is 39.9 Å². The van der Waals surface area contributed by atoms with E-state index in [9.17, 15) is 13.2 Å². The molecule has 0 saturated carbocycles. The molecule has 2 rings (SSSR count). The Bertz CT molecular complexity index is 954. The van der Waals surface area contributed by atoms with Gasteiger partial charge < -0.3 is 14.8 Å². The zero-order chi connectivity index (χ0) is 21.8. The fourth-order valence-electron chi connectivity index (χ4n) is 3.10. The van der Waals surface area contributed by atoms with Crippen LogP contribution in [0.1, 0.15) is 51.9 Å². The summed E-state index contributed by atoms with van der Waals surface area (Å²) in [5, 5.41) is 3.29. The first-order chi connectivity index (χ1) is 13.6. The molecule has 9 heteroatoms. The smallest absolute Gasteiger partial charge is 0.317 e. The summed E-state index contributed by atoms with van der Waals surface area (Å²) in [5.41, 5.74) is 1.27. The molecule has 0 spiro atoms. The molecule has 29 heavy (non-hydrogen) atoms. The van der Waals surface area contributed by atoms with Crippen molar-refractivity contribution in [2.24, 2.45) is 0 Å². The van der Waals surface area contributed by atoms with Gasteiger partial charge >= 0.3 is 6.03 Å². The van der Waals surface area contributed by atoms with Crippen molar-refractivity contribution in [1.29, 1.82) is 0 Å². The molecule has 0 saturated heterocycles. The number of urea groups is 1. The van der Waals surface area contributed by atoms with Gasteiger partial charge in [-0.05, 0) is 52.3 Å². The summed E-state index contributed by atoms with van der Waals surface area (Å²) < 4.78 is 27.9. The molecule has 0 aliphatic carbocycles. The second kappa shape index (κ2) is 9.63.